The third-order valence-corrected chi connectivity index (χ3v) is 5.87. The summed E-state index contributed by atoms with van der Waals surface area (Å²) >= 11 is 0. The van der Waals surface area contributed by atoms with Gasteiger partial charge in [-0.25, -0.2) is 0 Å². The molecular formula is C25H29N3O2. The van der Waals surface area contributed by atoms with Crippen molar-refractivity contribution >= 4 is 11.6 Å². The second kappa shape index (κ2) is 9.08. The fourth-order valence-electron chi connectivity index (χ4n) is 4.06. The highest BCUT2D eigenvalue weighted by atomic mass is 16.5. The summed E-state index contributed by atoms with van der Waals surface area (Å²) in [6, 6.07) is 20.6. The zero-order chi connectivity index (χ0) is 20.9. The van der Waals surface area contributed by atoms with Gasteiger partial charge in [0.25, 0.3) is 0 Å². The average molecular weight is 404 g/mol. The van der Waals surface area contributed by atoms with E-state index in [9.17, 15) is 4.79 Å². The number of hydrogen-bond acceptors (Lipinski definition) is 3. The van der Waals surface area contributed by atoms with Gasteiger partial charge in [0, 0.05) is 50.3 Å². The molecule has 1 fully saturated rings. The van der Waals surface area contributed by atoms with E-state index < -0.39 is 0 Å². The molecule has 1 saturated heterocycles. The van der Waals surface area contributed by atoms with Gasteiger partial charge in [-0.2, -0.15) is 0 Å². The summed E-state index contributed by atoms with van der Waals surface area (Å²) in [5.74, 6) is 1.07. The first kappa shape index (κ1) is 20.1. The fourth-order valence-corrected chi connectivity index (χ4v) is 4.06. The number of piperazine rings is 1. The van der Waals surface area contributed by atoms with E-state index in [0.717, 1.165) is 37.6 Å². The Bertz CT molecular complexity index is 958. The standard InChI is InChI=1S/C25H29N3O2/c1-20-8-10-21(11-9-20)24(27-12-3-4-13-27)19-25(29)28-16-14-26(15-17-28)22-6-5-7-23(18-22)30-2/h3-13,18,24H,14-17,19H2,1-2H3/t24-/m0/s1. The molecule has 1 amide bonds. The highest BCUT2D eigenvalue weighted by Crippen LogP contribution is 2.26. The number of aromatic nitrogens is 1. The van der Waals surface area contributed by atoms with Gasteiger partial charge >= 0.3 is 0 Å². The van der Waals surface area contributed by atoms with Crippen LogP contribution >= 0.6 is 0 Å². The number of methoxy groups -OCH3 is 1. The molecule has 5 nitrogen and oxygen atoms in total. The summed E-state index contributed by atoms with van der Waals surface area (Å²) in [5, 5.41) is 0. The van der Waals surface area contributed by atoms with Crippen molar-refractivity contribution in [2.75, 3.05) is 38.2 Å². The molecule has 0 aliphatic carbocycles. The van der Waals surface area contributed by atoms with Crippen LogP contribution < -0.4 is 9.64 Å². The molecule has 0 unspecified atom stereocenters. The summed E-state index contributed by atoms with van der Waals surface area (Å²) in [7, 11) is 1.69. The molecule has 5 heteroatoms. The first-order chi connectivity index (χ1) is 14.6. The van der Waals surface area contributed by atoms with Gasteiger partial charge in [0.1, 0.15) is 5.75 Å². The first-order valence-corrected chi connectivity index (χ1v) is 10.5. The van der Waals surface area contributed by atoms with Crippen LogP contribution in [0.4, 0.5) is 5.69 Å². The highest BCUT2D eigenvalue weighted by Gasteiger charge is 2.25. The lowest BCUT2D eigenvalue weighted by molar-refractivity contribution is -0.132. The number of amides is 1. The van der Waals surface area contributed by atoms with Crippen LogP contribution in [0, 0.1) is 6.92 Å². The lowest BCUT2D eigenvalue weighted by Gasteiger charge is -2.37. The van der Waals surface area contributed by atoms with Crippen LogP contribution in [-0.2, 0) is 4.79 Å². The SMILES string of the molecule is COc1cccc(N2CCN(C(=O)C[C@@H](c3ccc(C)cc3)n3cccc3)CC2)c1. The van der Waals surface area contributed by atoms with Crippen molar-refractivity contribution in [3.05, 3.63) is 84.2 Å². The van der Waals surface area contributed by atoms with Crippen LogP contribution in [0.3, 0.4) is 0 Å². The van der Waals surface area contributed by atoms with Crippen LogP contribution in [-0.4, -0.2) is 48.7 Å². The van der Waals surface area contributed by atoms with E-state index in [-0.39, 0.29) is 11.9 Å². The second-order valence-corrected chi connectivity index (χ2v) is 7.83. The number of hydrogen-bond donors (Lipinski definition) is 0. The van der Waals surface area contributed by atoms with Gasteiger partial charge in [-0.05, 0) is 36.8 Å². The molecule has 2 aromatic carbocycles. The van der Waals surface area contributed by atoms with Crippen molar-refractivity contribution in [2.24, 2.45) is 0 Å². The number of nitrogens with zero attached hydrogens (tertiary/aromatic N) is 3. The van der Waals surface area contributed by atoms with Crippen LogP contribution in [0.15, 0.2) is 73.1 Å². The van der Waals surface area contributed by atoms with Crippen molar-refractivity contribution in [1.82, 2.24) is 9.47 Å². The molecule has 1 aliphatic heterocycles. The largest absolute Gasteiger partial charge is 0.497 e. The maximum Gasteiger partial charge on any atom is 0.225 e. The van der Waals surface area contributed by atoms with E-state index in [2.05, 4.69) is 52.8 Å². The normalized spacial score (nSPS) is 15.1. The number of ether oxygens (including phenoxy) is 1. The third-order valence-electron chi connectivity index (χ3n) is 5.87. The zero-order valence-corrected chi connectivity index (χ0v) is 17.7. The molecule has 1 aliphatic rings. The highest BCUT2D eigenvalue weighted by molar-refractivity contribution is 5.77. The molecule has 0 radical (unpaired) electrons. The van der Waals surface area contributed by atoms with E-state index in [4.69, 9.17) is 4.74 Å². The van der Waals surface area contributed by atoms with E-state index >= 15 is 0 Å². The predicted molar refractivity (Wildman–Crippen MR) is 120 cm³/mol. The van der Waals surface area contributed by atoms with Crippen LogP contribution in [0.2, 0.25) is 0 Å². The summed E-state index contributed by atoms with van der Waals surface area (Å²) < 4.78 is 7.47. The lowest BCUT2D eigenvalue weighted by atomic mass is 10.0. The smallest absolute Gasteiger partial charge is 0.225 e. The van der Waals surface area contributed by atoms with Crippen molar-refractivity contribution < 1.29 is 9.53 Å². The summed E-state index contributed by atoms with van der Waals surface area (Å²) in [4.78, 5) is 17.5. The summed E-state index contributed by atoms with van der Waals surface area (Å²) in [5.41, 5.74) is 3.54. The third kappa shape index (κ3) is 4.51. The fraction of sp³-hybridized carbons (Fsp3) is 0.320. The Hall–Kier alpha value is -3.21. The van der Waals surface area contributed by atoms with Gasteiger partial charge in [0.2, 0.25) is 5.91 Å². The minimum atomic E-state index is 0.0181. The molecule has 0 saturated carbocycles. The maximum atomic E-state index is 13.2. The number of carbonyl (C=O) groups is 1. The Labute approximate surface area is 178 Å². The maximum absolute atomic E-state index is 13.2. The molecule has 1 aromatic heterocycles. The Morgan fingerprint density at radius 3 is 2.33 bits per heavy atom. The lowest BCUT2D eigenvalue weighted by Crippen LogP contribution is -2.49. The molecule has 4 rings (SSSR count). The van der Waals surface area contributed by atoms with Gasteiger partial charge < -0.3 is 19.1 Å². The number of anilines is 1. The zero-order valence-electron chi connectivity index (χ0n) is 17.7. The number of carbonyl (C=O) groups excluding carboxylic acids is 1. The number of benzene rings is 2. The van der Waals surface area contributed by atoms with Gasteiger partial charge in [0.05, 0.1) is 19.6 Å². The summed E-state index contributed by atoms with van der Waals surface area (Å²) in [6.45, 7) is 5.22. The van der Waals surface area contributed by atoms with Crippen molar-refractivity contribution in [2.45, 2.75) is 19.4 Å². The Kier molecular flexibility index (Phi) is 6.07. The molecule has 30 heavy (non-hydrogen) atoms. The molecule has 1 atom stereocenters. The van der Waals surface area contributed by atoms with Gasteiger partial charge in [-0.3, -0.25) is 4.79 Å². The molecular weight excluding hydrogens is 374 g/mol. The molecule has 0 spiro atoms. The molecule has 0 bridgehead atoms. The van der Waals surface area contributed by atoms with E-state index in [1.54, 1.807) is 7.11 Å². The number of rotatable bonds is 6. The van der Waals surface area contributed by atoms with Crippen LogP contribution in [0.5, 0.6) is 5.75 Å². The topological polar surface area (TPSA) is 37.7 Å². The Balaban J connectivity index is 1.42. The quantitative estimate of drug-likeness (QED) is 0.621. The van der Waals surface area contributed by atoms with Crippen LogP contribution in [0.25, 0.3) is 0 Å². The number of aryl methyl sites for hydroxylation is 1. The Morgan fingerprint density at radius 2 is 1.67 bits per heavy atom. The van der Waals surface area contributed by atoms with Crippen molar-refractivity contribution in [3.63, 3.8) is 0 Å². The van der Waals surface area contributed by atoms with Gasteiger partial charge in [0.15, 0.2) is 0 Å². The molecule has 3 aromatic rings. The predicted octanol–water partition coefficient (Wildman–Crippen LogP) is 4.13. The van der Waals surface area contributed by atoms with E-state index in [1.165, 1.54) is 11.1 Å². The molecule has 156 valence electrons. The van der Waals surface area contributed by atoms with Gasteiger partial charge in [-0.1, -0.05) is 35.9 Å². The molecule has 0 N–H and O–H groups in total. The monoisotopic (exact) mass is 403 g/mol. The van der Waals surface area contributed by atoms with E-state index in [1.807, 2.05) is 41.6 Å². The van der Waals surface area contributed by atoms with Crippen molar-refractivity contribution in [1.29, 1.82) is 0 Å². The molecule has 2 heterocycles. The summed E-state index contributed by atoms with van der Waals surface area (Å²) in [6.07, 6.45) is 4.55. The van der Waals surface area contributed by atoms with Crippen LogP contribution in [0.1, 0.15) is 23.6 Å². The Morgan fingerprint density at radius 1 is 0.967 bits per heavy atom. The average Bonchev–Trinajstić information content (AvgIpc) is 3.33. The minimum Gasteiger partial charge on any atom is -0.497 e. The minimum absolute atomic E-state index is 0.0181. The van der Waals surface area contributed by atoms with Crippen molar-refractivity contribution in [3.8, 4) is 5.75 Å². The van der Waals surface area contributed by atoms with Gasteiger partial charge in [-0.15, -0.1) is 0 Å². The second-order valence-electron chi connectivity index (χ2n) is 7.83. The van der Waals surface area contributed by atoms with E-state index in [0.29, 0.717) is 6.42 Å². The first-order valence-electron chi connectivity index (χ1n) is 10.5.